The van der Waals surface area contributed by atoms with Crippen molar-refractivity contribution in [3.63, 3.8) is 0 Å². The van der Waals surface area contributed by atoms with Crippen LogP contribution < -0.4 is 19.5 Å². The predicted molar refractivity (Wildman–Crippen MR) is 109 cm³/mol. The van der Waals surface area contributed by atoms with Crippen molar-refractivity contribution in [1.82, 2.24) is 0 Å². The fourth-order valence-corrected chi connectivity index (χ4v) is 2.47. The Labute approximate surface area is 175 Å². The van der Waals surface area contributed by atoms with E-state index < -0.39 is 29.9 Å². The van der Waals surface area contributed by atoms with Gasteiger partial charge in [-0.3, -0.25) is 4.79 Å². The molecule has 0 saturated heterocycles. The molecule has 7 nitrogen and oxygen atoms in total. The first-order chi connectivity index (χ1) is 14.2. The Morgan fingerprint density at radius 3 is 2.23 bits per heavy atom. The van der Waals surface area contributed by atoms with Crippen molar-refractivity contribution in [3.05, 3.63) is 48.3 Å². The number of carbonyl (C=O) groups excluding carboxylic acids is 2. The quantitative estimate of drug-likeness (QED) is 0.587. The largest absolute Gasteiger partial charge is 0.490 e. The third kappa shape index (κ3) is 6.65. The number of rotatable bonds is 10. The van der Waals surface area contributed by atoms with Crippen molar-refractivity contribution < 1.29 is 32.9 Å². The lowest BCUT2D eigenvalue weighted by atomic mass is 10.1. The molecule has 30 heavy (non-hydrogen) atoms. The third-order valence-electron chi connectivity index (χ3n) is 3.84. The van der Waals surface area contributed by atoms with E-state index in [1.807, 2.05) is 13.8 Å². The van der Waals surface area contributed by atoms with Crippen LogP contribution in [0.4, 0.5) is 10.1 Å². The van der Waals surface area contributed by atoms with Gasteiger partial charge in [-0.25, -0.2) is 9.18 Å². The summed E-state index contributed by atoms with van der Waals surface area (Å²) in [6.07, 6.45) is 0. The first-order valence-corrected chi connectivity index (χ1v) is 9.56. The summed E-state index contributed by atoms with van der Waals surface area (Å²) < 4.78 is 34.6. The molecule has 8 heteroatoms. The van der Waals surface area contributed by atoms with Gasteiger partial charge in [-0.1, -0.05) is 0 Å². The van der Waals surface area contributed by atoms with Crippen molar-refractivity contribution in [2.75, 3.05) is 25.1 Å². The smallest absolute Gasteiger partial charge is 0.350 e. The van der Waals surface area contributed by atoms with E-state index in [0.717, 1.165) is 0 Å². The van der Waals surface area contributed by atoms with Crippen LogP contribution in [0.2, 0.25) is 0 Å². The monoisotopic (exact) mass is 419 g/mol. The lowest BCUT2D eigenvalue weighted by Crippen LogP contribution is -2.41. The second kappa shape index (κ2) is 10.5. The predicted octanol–water partition coefficient (Wildman–Crippen LogP) is 3.96. The summed E-state index contributed by atoms with van der Waals surface area (Å²) in [7, 11) is 0. The average Bonchev–Trinajstić information content (AvgIpc) is 2.70. The molecule has 1 amide bonds. The van der Waals surface area contributed by atoms with Gasteiger partial charge in [0.15, 0.2) is 23.7 Å². The molecule has 0 aliphatic heterocycles. The molecular formula is C22H26FNO6. The van der Waals surface area contributed by atoms with E-state index in [0.29, 0.717) is 36.1 Å². The van der Waals surface area contributed by atoms with Crippen molar-refractivity contribution in [2.24, 2.45) is 0 Å². The summed E-state index contributed by atoms with van der Waals surface area (Å²) in [5.74, 6) is -0.288. The Morgan fingerprint density at radius 2 is 1.60 bits per heavy atom. The van der Waals surface area contributed by atoms with Gasteiger partial charge in [0.1, 0.15) is 11.6 Å². The lowest BCUT2D eigenvalue weighted by molar-refractivity contribution is -0.161. The number of amides is 1. The van der Waals surface area contributed by atoms with E-state index in [2.05, 4.69) is 5.32 Å². The highest BCUT2D eigenvalue weighted by atomic mass is 19.1. The van der Waals surface area contributed by atoms with Crippen LogP contribution in [0.25, 0.3) is 0 Å². The van der Waals surface area contributed by atoms with E-state index in [4.69, 9.17) is 18.9 Å². The number of hydrogen-bond donors (Lipinski definition) is 1. The average molecular weight is 419 g/mol. The van der Waals surface area contributed by atoms with Gasteiger partial charge in [0.25, 0.3) is 5.91 Å². The van der Waals surface area contributed by atoms with Crippen LogP contribution >= 0.6 is 0 Å². The molecule has 2 rings (SSSR count). The summed E-state index contributed by atoms with van der Waals surface area (Å²) in [6.45, 7) is 7.13. The van der Waals surface area contributed by atoms with Crippen molar-refractivity contribution in [1.29, 1.82) is 0 Å². The number of hydrogen-bond acceptors (Lipinski definition) is 6. The van der Waals surface area contributed by atoms with Gasteiger partial charge in [-0.2, -0.15) is 0 Å². The van der Waals surface area contributed by atoms with Crippen LogP contribution in [0.3, 0.4) is 0 Å². The van der Waals surface area contributed by atoms with Gasteiger partial charge >= 0.3 is 5.97 Å². The van der Waals surface area contributed by atoms with Crippen LogP contribution in [0.1, 0.15) is 27.7 Å². The maximum absolute atomic E-state index is 13.0. The summed E-state index contributed by atoms with van der Waals surface area (Å²) in [5.41, 5.74) is -0.885. The number of benzene rings is 2. The molecular weight excluding hydrogens is 393 g/mol. The molecule has 0 aliphatic carbocycles. The van der Waals surface area contributed by atoms with Gasteiger partial charge in [0, 0.05) is 11.8 Å². The fourth-order valence-electron chi connectivity index (χ4n) is 2.47. The first kappa shape index (κ1) is 23.0. The molecule has 1 N–H and O–H groups in total. The lowest BCUT2D eigenvalue weighted by Gasteiger charge is -2.24. The highest BCUT2D eigenvalue weighted by Gasteiger charge is 2.32. The molecule has 162 valence electrons. The Kier molecular flexibility index (Phi) is 8.03. The number of ether oxygens (including phenoxy) is 4. The Balaban J connectivity index is 1.92. The second-order valence-electron chi connectivity index (χ2n) is 6.72. The van der Waals surface area contributed by atoms with Crippen LogP contribution in [0, 0.1) is 5.82 Å². The summed E-state index contributed by atoms with van der Waals surface area (Å²) >= 11 is 0. The topological polar surface area (TPSA) is 83.1 Å². The molecule has 0 saturated carbocycles. The standard InChI is InChI=1S/C22H26FNO6/c1-5-27-18-12-9-16(13-19(18)28-6-2)24-20(25)14-29-21(26)22(3,4)30-17-10-7-15(23)8-11-17/h7-13H,5-6,14H2,1-4H3,(H,24,25). The zero-order chi connectivity index (χ0) is 22.1. The second-order valence-corrected chi connectivity index (χ2v) is 6.72. The van der Waals surface area contributed by atoms with Crippen molar-refractivity contribution >= 4 is 17.6 Å². The van der Waals surface area contributed by atoms with E-state index in [-0.39, 0.29) is 0 Å². The zero-order valence-corrected chi connectivity index (χ0v) is 17.5. The Bertz CT molecular complexity index is 866. The summed E-state index contributed by atoms with van der Waals surface area (Å²) in [4.78, 5) is 24.5. The number of esters is 1. The van der Waals surface area contributed by atoms with Crippen molar-refractivity contribution in [3.8, 4) is 17.2 Å². The van der Waals surface area contributed by atoms with Gasteiger partial charge in [0.2, 0.25) is 0 Å². The minimum Gasteiger partial charge on any atom is -0.490 e. The van der Waals surface area contributed by atoms with Gasteiger partial charge < -0.3 is 24.3 Å². The maximum atomic E-state index is 13.0. The molecule has 0 aromatic heterocycles. The first-order valence-electron chi connectivity index (χ1n) is 9.56. The van der Waals surface area contributed by atoms with Crippen LogP contribution in [-0.2, 0) is 14.3 Å². The molecule has 0 aliphatic rings. The number of nitrogens with one attached hydrogen (secondary N) is 1. The molecule has 2 aromatic carbocycles. The Hall–Kier alpha value is -3.29. The molecule has 0 fully saturated rings. The van der Waals surface area contributed by atoms with Gasteiger partial charge in [-0.15, -0.1) is 0 Å². The normalized spacial score (nSPS) is 10.8. The molecule has 0 spiro atoms. The third-order valence-corrected chi connectivity index (χ3v) is 3.84. The number of carbonyl (C=O) groups is 2. The molecule has 0 bridgehead atoms. The molecule has 0 atom stereocenters. The van der Waals surface area contributed by atoms with Gasteiger partial charge in [-0.05, 0) is 64.1 Å². The van der Waals surface area contributed by atoms with Crippen LogP contribution in [0.5, 0.6) is 17.2 Å². The van der Waals surface area contributed by atoms with Crippen molar-refractivity contribution in [2.45, 2.75) is 33.3 Å². The highest BCUT2D eigenvalue weighted by Crippen LogP contribution is 2.30. The van der Waals surface area contributed by atoms with E-state index in [1.165, 1.54) is 38.1 Å². The molecule has 2 aromatic rings. The SMILES string of the molecule is CCOc1ccc(NC(=O)COC(=O)C(C)(C)Oc2ccc(F)cc2)cc1OCC. The number of halogens is 1. The van der Waals surface area contributed by atoms with E-state index >= 15 is 0 Å². The van der Waals surface area contributed by atoms with Crippen LogP contribution in [0.15, 0.2) is 42.5 Å². The molecule has 0 radical (unpaired) electrons. The summed E-state index contributed by atoms with van der Waals surface area (Å²) in [5, 5.41) is 2.64. The van der Waals surface area contributed by atoms with E-state index in [9.17, 15) is 14.0 Å². The molecule has 0 heterocycles. The minimum atomic E-state index is -1.36. The summed E-state index contributed by atoms with van der Waals surface area (Å²) in [6, 6.07) is 10.2. The highest BCUT2D eigenvalue weighted by molar-refractivity contribution is 5.93. The zero-order valence-electron chi connectivity index (χ0n) is 17.5. The van der Waals surface area contributed by atoms with Gasteiger partial charge in [0.05, 0.1) is 13.2 Å². The molecule has 0 unspecified atom stereocenters. The minimum absolute atomic E-state index is 0.306. The Morgan fingerprint density at radius 1 is 0.967 bits per heavy atom. The fraction of sp³-hybridized carbons (Fsp3) is 0.364. The van der Waals surface area contributed by atoms with E-state index in [1.54, 1.807) is 18.2 Å². The maximum Gasteiger partial charge on any atom is 0.350 e. The number of anilines is 1. The van der Waals surface area contributed by atoms with Crippen LogP contribution in [-0.4, -0.2) is 37.3 Å².